The second-order valence-electron chi connectivity index (χ2n) is 2.95. The Morgan fingerprint density at radius 2 is 1.10 bits per heavy atom. The van der Waals surface area contributed by atoms with E-state index < -0.39 is 0 Å². The lowest BCUT2D eigenvalue weighted by atomic mass is 9.84. The van der Waals surface area contributed by atoms with Crippen molar-refractivity contribution in [1.82, 2.24) is 0 Å². The van der Waals surface area contributed by atoms with Crippen molar-refractivity contribution in [3.63, 3.8) is 0 Å². The Morgan fingerprint density at radius 3 is 1.30 bits per heavy atom. The van der Waals surface area contributed by atoms with Crippen LogP contribution in [0.2, 0.25) is 0 Å². The van der Waals surface area contributed by atoms with Crippen molar-refractivity contribution >= 4 is 12.6 Å². The van der Waals surface area contributed by atoms with Gasteiger partial charge in [0.05, 0.1) is 0 Å². The minimum atomic E-state index is 0.233. The van der Waals surface area contributed by atoms with E-state index in [4.69, 9.17) is 0 Å². The third-order valence-electron chi connectivity index (χ3n) is 2.20. The van der Waals surface area contributed by atoms with Crippen LogP contribution >= 0.6 is 0 Å². The zero-order chi connectivity index (χ0) is 7.40. The highest BCUT2D eigenvalue weighted by atomic mass is 16.1. The van der Waals surface area contributed by atoms with Crippen LogP contribution in [0.25, 0.3) is 0 Å². The van der Waals surface area contributed by atoms with Gasteiger partial charge in [-0.15, -0.1) is 0 Å². The third kappa shape index (κ3) is 1.66. The van der Waals surface area contributed by atoms with Crippen molar-refractivity contribution < 1.29 is 9.59 Å². The molecule has 0 aliphatic heterocycles. The maximum absolute atomic E-state index is 10.3. The zero-order valence-electron chi connectivity index (χ0n) is 5.95. The maximum Gasteiger partial charge on any atom is 0.123 e. The number of hydrogen-bond acceptors (Lipinski definition) is 2. The predicted octanol–water partition coefficient (Wildman–Crippen LogP) is 1.19. The van der Waals surface area contributed by atoms with Crippen molar-refractivity contribution in [2.24, 2.45) is 11.8 Å². The van der Waals surface area contributed by atoms with E-state index >= 15 is 0 Å². The highest BCUT2D eigenvalue weighted by molar-refractivity contribution is 5.56. The average molecular weight is 140 g/mol. The highest BCUT2D eigenvalue weighted by Gasteiger charge is 2.19. The SMILES string of the molecule is O=CC1CCC(C=O)CC1. The van der Waals surface area contributed by atoms with Gasteiger partial charge in [-0.25, -0.2) is 0 Å². The lowest BCUT2D eigenvalue weighted by Gasteiger charge is -2.20. The van der Waals surface area contributed by atoms with Crippen molar-refractivity contribution in [2.45, 2.75) is 25.7 Å². The summed E-state index contributed by atoms with van der Waals surface area (Å²) in [4.78, 5) is 20.5. The molecule has 56 valence electrons. The number of rotatable bonds is 2. The Labute approximate surface area is 60.6 Å². The lowest BCUT2D eigenvalue weighted by Crippen LogP contribution is -2.15. The monoisotopic (exact) mass is 140 g/mol. The first-order valence-corrected chi connectivity index (χ1v) is 3.77. The first kappa shape index (κ1) is 7.45. The predicted molar refractivity (Wildman–Crippen MR) is 37.6 cm³/mol. The van der Waals surface area contributed by atoms with Crippen LogP contribution in [0.5, 0.6) is 0 Å². The molecule has 0 atom stereocenters. The molecule has 0 radical (unpaired) electrons. The van der Waals surface area contributed by atoms with Crippen molar-refractivity contribution in [3.8, 4) is 0 Å². The molecule has 1 rings (SSSR count). The summed E-state index contributed by atoms with van der Waals surface area (Å²) in [5.74, 6) is 0.465. The fourth-order valence-electron chi connectivity index (χ4n) is 1.42. The van der Waals surface area contributed by atoms with Crippen LogP contribution in [0.1, 0.15) is 25.7 Å². The summed E-state index contributed by atoms with van der Waals surface area (Å²) in [5.41, 5.74) is 0. The van der Waals surface area contributed by atoms with E-state index in [1.807, 2.05) is 0 Å². The van der Waals surface area contributed by atoms with E-state index in [1.54, 1.807) is 0 Å². The average Bonchev–Trinajstić information content (AvgIpc) is 2.05. The molecular weight excluding hydrogens is 128 g/mol. The van der Waals surface area contributed by atoms with Crippen LogP contribution in [-0.2, 0) is 9.59 Å². The molecule has 0 aromatic carbocycles. The van der Waals surface area contributed by atoms with Gasteiger partial charge >= 0.3 is 0 Å². The van der Waals surface area contributed by atoms with Gasteiger partial charge in [-0.3, -0.25) is 0 Å². The molecule has 0 N–H and O–H groups in total. The van der Waals surface area contributed by atoms with Crippen molar-refractivity contribution in [3.05, 3.63) is 0 Å². The minimum Gasteiger partial charge on any atom is -0.303 e. The Kier molecular flexibility index (Phi) is 2.60. The topological polar surface area (TPSA) is 34.1 Å². The van der Waals surface area contributed by atoms with Gasteiger partial charge < -0.3 is 9.59 Å². The van der Waals surface area contributed by atoms with E-state index in [0.717, 1.165) is 38.3 Å². The molecule has 2 nitrogen and oxygen atoms in total. The summed E-state index contributed by atoms with van der Waals surface area (Å²) in [6, 6.07) is 0. The Balaban J connectivity index is 2.30. The Hall–Kier alpha value is -0.660. The third-order valence-corrected chi connectivity index (χ3v) is 2.20. The van der Waals surface area contributed by atoms with Gasteiger partial charge in [-0.2, -0.15) is 0 Å². The van der Waals surface area contributed by atoms with Gasteiger partial charge in [0.25, 0.3) is 0 Å². The second-order valence-corrected chi connectivity index (χ2v) is 2.95. The van der Waals surface area contributed by atoms with Crippen LogP contribution in [-0.4, -0.2) is 12.6 Å². The molecule has 0 aromatic rings. The summed E-state index contributed by atoms with van der Waals surface area (Å²) in [6.45, 7) is 0. The van der Waals surface area contributed by atoms with Crippen LogP contribution in [0, 0.1) is 11.8 Å². The van der Waals surface area contributed by atoms with Gasteiger partial charge in [-0.1, -0.05) is 0 Å². The highest BCUT2D eigenvalue weighted by Crippen LogP contribution is 2.25. The lowest BCUT2D eigenvalue weighted by molar-refractivity contribution is -0.115. The largest absolute Gasteiger partial charge is 0.303 e. The quantitative estimate of drug-likeness (QED) is 0.540. The molecule has 0 heterocycles. The summed E-state index contributed by atoms with van der Waals surface area (Å²) in [7, 11) is 0. The standard InChI is InChI=1S/C8H12O2/c9-5-7-1-2-8(6-10)4-3-7/h5-8H,1-4H2. The molecule has 2 heteroatoms. The van der Waals surface area contributed by atoms with Gasteiger partial charge in [0.2, 0.25) is 0 Å². The van der Waals surface area contributed by atoms with Crippen LogP contribution < -0.4 is 0 Å². The summed E-state index contributed by atoms with van der Waals surface area (Å²) in [6.07, 6.45) is 5.67. The van der Waals surface area contributed by atoms with E-state index in [-0.39, 0.29) is 11.8 Å². The molecule has 0 spiro atoms. The van der Waals surface area contributed by atoms with Crippen LogP contribution in [0.4, 0.5) is 0 Å². The van der Waals surface area contributed by atoms with Gasteiger partial charge in [0.15, 0.2) is 0 Å². The van der Waals surface area contributed by atoms with Gasteiger partial charge in [0, 0.05) is 11.8 Å². The van der Waals surface area contributed by atoms with E-state index in [9.17, 15) is 9.59 Å². The molecule has 0 bridgehead atoms. The molecule has 0 aromatic heterocycles. The molecule has 1 aliphatic rings. The smallest absolute Gasteiger partial charge is 0.123 e. The number of hydrogen-bond donors (Lipinski definition) is 0. The molecular formula is C8H12O2. The Bertz CT molecular complexity index is 107. The second kappa shape index (κ2) is 3.49. The van der Waals surface area contributed by atoms with E-state index in [2.05, 4.69) is 0 Å². The number of aldehydes is 2. The number of carbonyl (C=O) groups is 2. The van der Waals surface area contributed by atoms with Gasteiger partial charge in [-0.05, 0) is 25.7 Å². The maximum atomic E-state index is 10.3. The minimum absolute atomic E-state index is 0.233. The molecule has 1 fully saturated rings. The first-order valence-electron chi connectivity index (χ1n) is 3.77. The normalized spacial score (nSPS) is 33.2. The van der Waals surface area contributed by atoms with Gasteiger partial charge in [0.1, 0.15) is 12.6 Å². The summed E-state index contributed by atoms with van der Waals surface area (Å²) < 4.78 is 0. The molecule has 0 amide bonds. The molecule has 1 saturated carbocycles. The molecule has 0 saturated heterocycles. The molecule has 0 unspecified atom stereocenters. The fraction of sp³-hybridized carbons (Fsp3) is 0.750. The van der Waals surface area contributed by atoms with E-state index in [0.29, 0.717) is 0 Å². The van der Waals surface area contributed by atoms with Crippen LogP contribution in [0.15, 0.2) is 0 Å². The summed E-state index contributed by atoms with van der Waals surface area (Å²) >= 11 is 0. The number of carbonyl (C=O) groups excluding carboxylic acids is 2. The zero-order valence-corrected chi connectivity index (χ0v) is 5.95. The van der Waals surface area contributed by atoms with E-state index in [1.165, 1.54) is 0 Å². The van der Waals surface area contributed by atoms with Crippen molar-refractivity contribution in [2.75, 3.05) is 0 Å². The molecule has 1 aliphatic carbocycles. The van der Waals surface area contributed by atoms with Crippen LogP contribution in [0.3, 0.4) is 0 Å². The molecule has 10 heavy (non-hydrogen) atoms. The first-order chi connectivity index (χ1) is 4.86. The Morgan fingerprint density at radius 1 is 0.800 bits per heavy atom. The fourth-order valence-corrected chi connectivity index (χ4v) is 1.42. The summed E-state index contributed by atoms with van der Waals surface area (Å²) in [5, 5.41) is 0. The van der Waals surface area contributed by atoms with Crippen molar-refractivity contribution in [1.29, 1.82) is 0 Å².